The van der Waals surface area contributed by atoms with E-state index in [0.717, 1.165) is 28.8 Å². The molecule has 21 heavy (non-hydrogen) atoms. The maximum absolute atomic E-state index is 6.05. The molecule has 1 aromatic carbocycles. The molecule has 0 amide bonds. The van der Waals surface area contributed by atoms with Crippen LogP contribution in [0.1, 0.15) is 31.9 Å². The van der Waals surface area contributed by atoms with Crippen molar-refractivity contribution in [2.45, 2.75) is 39.8 Å². The fraction of sp³-hybridized carbons (Fsp3) is 0.353. The highest BCUT2D eigenvalue weighted by atomic mass is 79.9. The number of pyridine rings is 1. The minimum atomic E-state index is 0.416. The Labute approximate surface area is 134 Å². The van der Waals surface area contributed by atoms with Crippen LogP contribution >= 0.6 is 15.9 Å². The van der Waals surface area contributed by atoms with Gasteiger partial charge in [0, 0.05) is 28.8 Å². The molecule has 0 atom stereocenters. The SMILES string of the molecule is CCc1ccccc1Oc1ncc(Br)cc1CNC(C)C. The van der Waals surface area contributed by atoms with Crippen LogP contribution in [-0.2, 0) is 13.0 Å². The number of nitrogens with zero attached hydrogens (tertiary/aromatic N) is 1. The molecule has 3 nitrogen and oxygen atoms in total. The lowest BCUT2D eigenvalue weighted by Crippen LogP contribution is -2.22. The first-order valence-electron chi connectivity index (χ1n) is 7.23. The molecule has 0 spiro atoms. The van der Waals surface area contributed by atoms with E-state index in [9.17, 15) is 0 Å². The van der Waals surface area contributed by atoms with E-state index in [-0.39, 0.29) is 0 Å². The third kappa shape index (κ3) is 4.55. The van der Waals surface area contributed by atoms with Crippen LogP contribution in [0.25, 0.3) is 0 Å². The lowest BCUT2D eigenvalue weighted by atomic mass is 10.1. The van der Waals surface area contributed by atoms with E-state index in [1.54, 1.807) is 6.20 Å². The maximum atomic E-state index is 6.05. The lowest BCUT2D eigenvalue weighted by molar-refractivity contribution is 0.445. The Morgan fingerprint density at radius 1 is 1.24 bits per heavy atom. The topological polar surface area (TPSA) is 34.1 Å². The van der Waals surface area contributed by atoms with Gasteiger partial charge in [0.15, 0.2) is 0 Å². The van der Waals surface area contributed by atoms with E-state index in [2.05, 4.69) is 53.1 Å². The summed E-state index contributed by atoms with van der Waals surface area (Å²) in [4.78, 5) is 4.42. The summed E-state index contributed by atoms with van der Waals surface area (Å²) in [5.74, 6) is 1.54. The summed E-state index contributed by atoms with van der Waals surface area (Å²) in [6.45, 7) is 7.10. The standard InChI is InChI=1S/C17H21BrN2O/c1-4-13-7-5-6-8-16(13)21-17-14(10-19-12(2)3)9-15(18)11-20-17/h5-9,11-12,19H,4,10H2,1-3H3. The summed E-state index contributed by atoms with van der Waals surface area (Å²) >= 11 is 3.47. The van der Waals surface area contributed by atoms with Crippen molar-refractivity contribution in [2.75, 3.05) is 0 Å². The molecule has 1 N–H and O–H groups in total. The molecule has 2 rings (SSSR count). The first kappa shape index (κ1) is 16.0. The molecule has 0 saturated carbocycles. The second kappa shape index (κ2) is 7.57. The molecule has 0 radical (unpaired) electrons. The van der Waals surface area contributed by atoms with Gasteiger partial charge in [0.1, 0.15) is 5.75 Å². The van der Waals surface area contributed by atoms with E-state index in [1.807, 2.05) is 24.3 Å². The number of halogens is 1. The monoisotopic (exact) mass is 348 g/mol. The first-order chi connectivity index (χ1) is 10.1. The Morgan fingerprint density at radius 2 is 2.00 bits per heavy atom. The normalized spacial score (nSPS) is 10.9. The Morgan fingerprint density at radius 3 is 2.71 bits per heavy atom. The van der Waals surface area contributed by atoms with Crippen molar-refractivity contribution in [3.05, 3.63) is 52.1 Å². The van der Waals surface area contributed by atoms with Crippen LogP contribution in [0.5, 0.6) is 11.6 Å². The number of aryl methyl sites for hydroxylation is 1. The van der Waals surface area contributed by atoms with Crippen LogP contribution < -0.4 is 10.1 Å². The molecular formula is C17H21BrN2O. The smallest absolute Gasteiger partial charge is 0.223 e. The molecule has 0 bridgehead atoms. The molecule has 0 saturated heterocycles. The molecule has 0 aliphatic rings. The van der Waals surface area contributed by atoms with Crippen molar-refractivity contribution >= 4 is 15.9 Å². The highest BCUT2D eigenvalue weighted by Gasteiger charge is 2.10. The van der Waals surface area contributed by atoms with Gasteiger partial charge in [-0.1, -0.05) is 39.0 Å². The fourth-order valence-electron chi connectivity index (χ4n) is 2.00. The van der Waals surface area contributed by atoms with Gasteiger partial charge < -0.3 is 10.1 Å². The Bertz CT molecular complexity index is 599. The van der Waals surface area contributed by atoms with Crippen LogP contribution in [-0.4, -0.2) is 11.0 Å². The van der Waals surface area contributed by atoms with Gasteiger partial charge in [-0.15, -0.1) is 0 Å². The van der Waals surface area contributed by atoms with Crippen molar-refractivity contribution in [3.8, 4) is 11.6 Å². The molecule has 1 aromatic heterocycles. The van der Waals surface area contributed by atoms with Crippen molar-refractivity contribution < 1.29 is 4.74 Å². The average Bonchev–Trinajstić information content (AvgIpc) is 2.48. The van der Waals surface area contributed by atoms with Gasteiger partial charge in [0.25, 0.3) is 0 Å². The zero-order valence-electron chi connectivity index (χ0n) is 12.7. The van der Waals surface area contributed by atoms with E-state index in [1.165, 1.54) is 5.56 Å². The molecule has 2 aromatic rings. The number of hydrogen-bond acceptors (Lipinski definition) is 3. The number of rotatable bonds is 6. The predicted molar refractivity (Wildman–Crippen MR) is 89.8 cm³/mol. The highest BCUT2D eigenvalue weighted by molar-refractivity contribution is 9.10. The number of nitrogens with one attached hydrogen (secondary N) is 1. The van der Waals surface area contributed by atoms with Gasteiger partial charge in [-0.2, -0.15) is 0 Å². The Balaban J connectivity index is 2.26. The Kier molecular flexibility index (Phi) is 5.76. The quantitative estimate of drug-likeness (QED) is 0.821. The van der Waals surface area contributed by atoms with E-state index in [0.29, 0.717) is 11.9 Å². The third-order valence-corrected chi connectivity index (χ3v) is 3.59. The molecule has 0 aliphatic heterocycles. The van der Waals surface area contributed by atoms with Crippen LogP contribution in [0.4, 0.5) is 0 Å². The Hall–Kier alpha value is -1.39. The second-order valence-electron chi connectivity index (χ2n) is 5.22. The first-order valence-corrected chi connectivity index (χ1v) is 8.03. The van der Waals surface area contributed by atoms with Crippen molar-refractivity contribution in [3.63, 3.8) is 0 Å². The predicted octanol–water partition coefficient (Wildman–Crippen LogP) is 4.70. The number of aromatic nitrogens is 1. The highest BCUT2D eigenvalue weighted by Crippen LogP contribution is 2.28. The van der Waals surface area contributed by atoms with Crippen LogP contribution in [0.2, 0.25) is 0 Å². The van der Waals surface area contributed by atoms with Crippen molar-refractivity contribution in [1.29, 1.82) is 0 Å². The second-order valence-corrected chi connectivity index (χ2v) is 6.13. The molecular weight excluding hydrogens is 328 g/mol. The summed E-state index contributed by atoms with van der Waals surface area (Å²) < 4.78 is 7.00. The van der Waals surface area contributed by atoms with Gasteiger partial charge in [0.05, 0.1) is 0 Å². The summed E-state index contributed by atoms with van der Waals surface area (Å²) in [5, 5.41) is 3.40. The minimum absolute atomic E-state index is 0.416. The maximum Gasteiger partial charge on any atom is 0.223 e. The summed E-state index contributed by atoms with van der Waals surface area (Å²) in [6, 6.07) is 10.6. The third-order valence-electron chi connectivity index (χ3n) is 3.15. The fourth-order valence-corrected chi connectivity index (χ4v) is 2.38. The average molecular weight is 349 g/mol. The molecule has 112 valence electrons. The van der Waals surface area contributed by atoms with Crippen LogP contribution in [0.3, 0.4) is 0 Å². The number of benzene rings is 1. The minimum Gasteiger partial charge on any atom is -0.438 e. The van der Waals surface area contributed by atoms with Crippen LogP contribution in [0, 0.1) is 0 Å². The summed E-state index contributed by atoms with van der Waals surface area (Å²) in [5.41, 5.74) is 2.23. The zero-order chi connectivity index (χ0) is 15.2. The molecule has 0 aliphatic carbocycles. The summed E-state index contributed by atoms with van der Waals surface area (Å²) in [6.07, 6.45) is 2.70. The van der Waals surface area contributed by atoms with E-state index in [4.69, 9.17) is 4.74 Å². The molecule has 0 fully saturated rings. The zero-order valence-corrected chi connectivity index (χ0v) is 14.3. The van der Waals surface area contributed by atoms with Crippen molar-refractivity contribution in [2.24, 2.45) is 0 Å². The molecule has 0 unspecified atom stereocenters. The molecule has 1 heterocycles. The lowest BCUT2D eigenvalue weighted by Gasteiger charge is -2.14. The van der Waals surface area contributed by atoms with E-state index >= 15 is 0 Å². The number of ether oxygens (including phenoxy) is 1. The number of para-hydroxylation sites is 1. The van der Waals surface area contributed by atoms with Gasteiger partial charge >= 0.3 is 0 Å². The van der Waals surface area contributed by atoms with Crippen LogP contribution in [0.15, 0.2) is 41.0 Å². The molecule has 4 heteroatoms. The van der Waals surface area contributed by atoms with Gasteiger partial charge in [-0.05, 0) is 40.0 Å². The van der Waals surface area contributed by atoms with Crippen molar-refractivity contribution in [1.82, 2.24) is 10.3 Å². The van der Waals surface area contributed by atoms with Gasteiger partial charge in [-0.3, -0.25) is 0 Å². The largest absolute Gasteiger partial charge is 0.438 e. The van der Waals surface area contributed by atoms with E-state index < -0.39 is 0 Å². The summed E-state index contributed by atoms with van der Waals surface area (Å²) in [7, 11) is 0. The number of hydrogen-bond donors (Lipinski definition) is 1. The van der Waals surface area contributed by atoms with Gasteiger partial charge in [-0.25, -0.2) is 4.98 Å². The van der Waals surface area contributed by atoms with Gasteiger partial charge in [0.2, 0.25) is 5.88 Å².